The highest BCUT2D eigenvalue weighted by molar-refractivity contribution is 6.05. The van der Waals surface area contributed by atoms with Gasteiger partial charge in [-0.15, -0.1) is 0 Å². The second-order valence-electron chi connectivity index (χ2n) is 4.92. The smallest absolute Gasteiger partial charge is 0.255 e. The van der Waals surface area contributed by atoms with Crippen LogP contribution in [-0.2, 0) is 4.79 Å². The number of ether oxygens (including phenoxy) is 1. The fourth-order valence-electron chi connectivity index (χ4n) is 1.98. The van der Waals surface area contributed by atoms with Crippen molar-refractivity contribution in [3.63, 3.8) is 0 Å². The third-order valence-electron chi connectivity index (χ3n) is 3.08. The van der Waals surface area contributed by atoms with E-state index in [0.717, 1.165) is 5.56 Å². The van der Waals surface area contributed by atoms with Crippen LogP contribution in [0.2, 0.25) is 0 Å². The molecule has 2 N–H and O–H groups in total. The lowest BCUT2D eigenvalue weighted by Crippen LogP contribution is -2.13. The summed E-state index contributed by atoms with van der Waals surface area (Å²) in [7, 11) is 1.51. The molecule has 0 spiro atoms. The Bertz CT molecular complexity index is 694. The van der Waals surface area contributed by atoms with Crippen LogP contribution in [0.3, 0.4) is 0 Å². The SMILES string of the molecule is COc1ccc(C(=O)Nc2ccc(C)cc2)cc1NC(C)=O. The third kappa shape index (κ3) is 3.85. The van der Waals surface area contributed by atoms with Gasteiger partial charge >= 0.3 is 0 Å². The first-order valence-electron chi connectivity index (χ1n) is 6.83. The molecule has 0 aliphatic carbocycles. The molecular formula is C17H18N2O3. The number of carbonyl (C=O) groups excluding carboxylic acids is 2. The molecule has 0 radical (unpaired) electrons. The molecule has 2 aromatic carbocycles. The summed E-state index contributed by atoms with van der Waals surface area (Å²) < 4.78 is 5.17. The molecule has 0 saturated carbocycles. The van der Waals surface area contributed by atoms with E-state index >= 15 is 0 Å². The molecule has 2 rings (SSSR count). The quantitative estimate of drug-likeness (QED) is 0.910. The number of hydrogen-bond acceptors (Lipinski definition) is 3. The second-order valence-corrected chi connectivity index (χ2v) is 4.92. The van der Waals surface area contributed by atoms with Crippen LogP contribution in [0.4, 0.5) is 11.4 Å². The van der Waals surface area contributed by atoms with Crippen molar-refractivity contribution in [2.45, 2.75) is 13.8 Å². The number of benzene rings is 2. The Kier molecular flexibility index (Phi) is 4.78. The Balaban J connectivity index is 2.22. The van der Waals surface area contributed by atoms with Crippen molar-refractivity contribution in [3.05, 3.63) is 53.6 Å². The van der Waals surface area contributed by atoms with Gasteiger partial charge in [0.1, 0.15) is 5.75 Å². The van der Waals surface area contributed by atoms with Crippen LogP contribution in [-0.4, -0.2) is 18.9 Å². The number of hydrogen-bond donors (Lipinski definition) is 2. The fraction of sp³-hybridized carbons (Fsp3) is 0.176. The Hall–Kier alpha value is -2.82. The number of aryl methyl sites for hydroxylation is 1. The van der Waals surface area contributed by atoms with Gasteiger partial charge in [-0.2, -0.15) is 0 Å². The summed E-state index contributed by atoms with van der Waals surface area (Å²) >= 11 is 0. The lowest BCUT2D eigenvalue weighted by molar-refractivity contribution is -0.114. The van der Waals surface area contributed by atoms with Gasteiger partial charge in [0.05, 0.1) is 12.8 Å². The van der Waals surface area contributed by atoms with E-state index in [-0.39, 0.29) is 11.8 Å². The number of carbonyl (C=O) groups is 2. The van der Waals surface area contributed by atoms with Gasteiger partial charge in [-0.1, -0.05) is 17.7 Å². The summed E-state index contributed by atoms with van der Waals surface area (Å²) in [6, 6.07) is 12.4. The van der Waals surface area contributed by atoms with Crippen LogP contribution < -0.4 is 15.4 Å². The maximum Gasteiger partial charge on any atom is 0.255 e. The molecular weight excluding hydrogens is 280 g/mol. The molecule has 0 aliphatic rings. The maximum absolute atomic E-state index is 12.3. The molecule has 0 saturated heterocycles. The van der Waals surface area contributed by atoms with Crippen LogP contribution in [0.5, 0.6) is 5.75 Å². The first-order valence-corrected chi connectivity index (χ1v) is 6.83. The minimum absolute atomic E-state index is 0.227. The summed E-state index contributed by atoms with van der Waals surface area (Å²) in [5.41, 5.74) is 2.74. The number of methoxy groups -OCH3 is 1. The van der Waals surface area contributed by atoms with E-state index in [0.29, 0.717) is 22.7 Å². The third-order valence-corrected chi connectivity index (χ3v) is 3.08. The normalized spacial score (nSPS) is 9.95. The van der Waals surface area contributed by atoms with Crippen molar-refractivity contribution in [3.8, 4) is 5.75 Å². The highest BCUT2D eigenvalue weighted by atomic mass is 16.5. The van der Waals surface area contributed by atoms with Crippen LogP contribution in [0.15, 0.2) is 42.5 Å². The summed E-state index contributed by atoms with van der Waals surface area (Å²) in [6.07, 6.45) is 0. The van der Waals surface area contributed by atoms with Gasteiger partial charge in [-0.25, -0.2) is 0 Å². The Labute approximate surface area is 129 Å². The van der Waals surface area contributed by atoms with Gasteiger partial charge in [0.2, 0.25) is 5.91 Å². The van der Waals surface area contributed by atoms with Crippen LogP contribution in [0.25, 0.3) is 0 Å². The van der Waals surface area contributed by atoms with Crippen molar-refractivity contribution in [2.24, 2.45) is 0 Å². The van der Waals surface area contributed by atoms with Gasteiger partial charge in [0.15, 0.2) is 0 Å². The van der Waals surface area contributed by atoms with Crippen LogP contribution in [0, 0.1) is 6.92 Å². The second kappa shape index (κ2) is 6.76. The molecule has 0 atom stereocenters. The maximum atomic E-state index is 12.3. The van der Waals surface area contributed by atoms with Gasteiger partial charge in [-0.05, 0) is 37.3 Å². The Morgan fingerprint density at radius 3 is 2.27 bits per heavy atom. The standard InChI is InChI=1S/C17H18N2O3/c1-11-4-7-14(8-5-11)19-17(21)13-6-9-16(22-3)15(10-13)18-12(2)20/h4-10H,1-3H3,(H,18,20)(H,19,21). The average molecular weight is 298 g/mol. The molecule has 2 amide bonds. The van der Waals surface area contributed by atoms with Crippen molar-refractivity contribution in [2.75, 3.05) is 17.7 Å². The summed E-state index contributed by atoms with van der Waals surface area (Å²) in [5, 5.41) is 5.46. The van der Waals surface area contributed by atoms with Gasteiger partial charge < -0.3 is 15.4 Å². The van der Waals surface area contributed by atoms with E-state index in [1.165, 1.54) is 14.0 Å². The zero-order valence-corrected chi connectivity index (χ0v) is 12.8. The molecule has 0 aromatic heterocycles. The summed E-state index contributed by atoms with van der Waals surface area (Å²) in [4.78, 5) is 23.5. The zero-order chi connectivity index (χ0) is 16.1. The number of rotatable bonds is 4. The molecule has 2 aromatic rings. The molecule has 0 aliphatic heterocycles. The highest BCUT2D eigenvalue weighted by Crippen LogP contribution is 2.26. The van der Waals surface area contributed by atoms with Crippen LogP contribution >= 0.6 is 0 Å². The molecule has 0 fully saturated rings. The zero-order valence-electron chi connectivity index (χ0n) is 12.8. The first-order chi connectivity index (χ1) is 10.5. The van der Waals surface area contributed by atoms with E-state index in [1.807, 2.05) is 31.2 Å². The van der Waals surface area contributed by atoms with E-state index < -0.39 is 0 Å². The predicted octanol–water partition coefficient (Wildman–Crippen LogP) is 3.21. The first kappa shape index (κ1) is 15.6. The van der Waals surface area contributed by atoms with Gasteiger partial charge in [0, 0.05) is 18.2 Å². The largest absolute Gasteiger partial charge is 0.495 e. The fourth-order valence-corrected chi connectivity index (χ4v) is 1.98. The van der Waals surface area contributed by atoms with E-state index in [9.17, 15) is 9.59 Å². The highest BCUT2D eigenvalue weighted by Gasteiger charge is 2.11. The van der Waals surface area contributed by atoms with Crippen LogP contribution in [0.1, 0.15) is 22.8 Å². The molecule has 5 heteroatoms. The topological polar surface area (TPSA) is 67.4 Å². The minimum atomic E-state index is -0.252. The minimum Gasteiger partial charge on any atom is -0.495 e. The van der Waals surface area contributed by atoms with E-state index in [2.05, 4.69) is 10.6 Å². The lowest BCUT2D eigenvalue weighted by atomic mass is 10.1. The summed E-state index contributed by atoms with van der Waals surface area (Å²) in [5.74, 6) is 0.0228. The monoisotopic (exact) mass is 298 g/mol. The Morgan fingerprint density at radius 2 is 1.68 bits per heavy atom. The van der Waals surface area contributed by atoms with Gasteiger partial charge in [0.25, 0.3) is 5.91 Å². The average Bonchev–Trinajstić information content (AvgIpc) is 2.49. The molecule has 5 nitrogen and oxygen atoms in total. The van der Waals surface area contributed by atoms with E-state index in [4.69, 9.17) is 4.74 Å². The lowest BCUT2D eigenvalue weighted by Gasteiger charge is -2.11. The number of amides is 2. The van der Waals surface area contributed by atoms with Crippen molar-refractivity contribution >= 4 is 23.2 Å². The molecule has 114 valence electrons. The molecule has 22 heavy (non-hydrogen) atoms. The van der Waals surface area contributed by atoms with Crippen molar-refractivity contribution < 1.29 is 14.3 Å². The predicted molar refractivity (Wildman–Crippen MR) is 86.4 cm³/mol. The van der Waals surface area contributed by atoms with Crippen molar-refractivity contribution in [1.82, 2.24) is 0 Å². The van der Waals surface area contributed by atoms with E-state index in [1.54, 1.807) is 18.2 Å². The summed E-state index contributed by atoms with van der Waals surface area (Å²) in [6.45, 7) is 3.38. The molecule has 0 unspecified atom stereocenters. The Morgan fingerprint density at radius 1 is 1.00 bits per heavy atom. The molecule has 0 bridgehead atoms. The van der Waals surface area contributed by atoms with Crippen molar-refractivity contribution in [1.29, 1.82) is 0 Å². The number of nitrogens with one attached hydrogen (secondary N) is 2. The van der Waals surface area contributed by atoms with Gasteiger partial charge in [-0.3, -0.25) is 9.59 Å². The molecule has 0 heterocycles. The number of anilines is 2.